The summed E-state index contributed by atoms with van der Waals surface area (Å²) in [6.45, 7) is 4.39. The molecule has 0 bridgehead atoms. The summed E-state index contributed by atoms with van der Waals surface area (Å²) in [6.07, 6.45) is 1.41. The lowest BCUT2D eigenvalue weighted by molar-refractivity contribution is -0.138. The third-order valence-corrected chi connectivity index (χ3v) is 6.25. The Kier molecular flexibility index (Phi) is 7.00. The van der Waals surface area contributed by atoms with E-state index in [1.165, 1.54) is 0 Å². The number of likely N-dealkylation sites (tertiary alicyclic amines) is 1. The Hall–Kier alpha value is -3.40. The minimum atomic E-state index is -0.0525. The van der Waals surface area contributed by atoms with E-state index in [4.69, 9.17) is 0 Å². The molecule has 32 heavy (non-hydrogen) atoms. The lowest BCUT2D eigenvalue weighted by Gasteiger charge is -2.34. The predicted octanol–water partition coefficient (Wildman–Crippen LogP) is 5.08. The zero-order valence-electron chi connectivity index (χ0n) is 18.6. The first-order valence-corrected chi connectivity index (χ1v) is 11.3. The fourth-order valence-corrected chi connectivity index (χ4v) is 4.39. The molecule has 0 unspecified atom stereocenters. The molecule has 1 aliphatic rings. The van der Waals surface area contributed by atoms with Crippen LogP contribution in [0.15, 0.2) is 84.9 Å². The van der Waals surface area contributed by atoms with Gasteiger partial charge in [-0.05, 0) is 42.5 Å². The van der Waals surface area contributed by atoms with Gasteiger partial charge in [-0.15, -0.1) is 0 Å². The van der Waals surface area contributed by atoms with Crippen molar-refractivity contribution in [3.63, 3.8) is 0 Å². The van der Waals surface area contributed by atoms with Gasteiger partial charge in [0.15, 0.2) is 0 Å². The van der Waals surface area contributed by atoms with Crippen LogP contribution in [0, 0.1) is 12.8 Å². The summed E-state index contributed by atoms with van der Waals surface area (Å²) < 4.78 is 0. The number of benzene rings is 3. The van der Waals surface area contributed by atoms with Crippen molar-refractivity contribution >= 4 is 11.8 Å². The normalized spacial score (nSPS) is 14.2. The van der Waals surface area contributed by atoms with Crippen LogP contribution in [0.1, 0.15) is 39.9 Å². The molecular formula is C28H30N2O2. The fourth-order valence-electron chi connectivity index (χ4n) is 4.39. The monoisotopic (exact) mass is 426 g/mol. The van der Waals surface area contributed by atoms with Gasteiger partial charge in [-0.25, -0.2) is 0 Å². The van der Waals surface area contributed by atoms with Crippen LogP contribution in [0.3, 0.4) is 0 Å². The fraction of sp³-hybridized carbons (Fsp3) is 0.286. The second-order valence-corrected chi connectivity index (χ2v) is 8.55. The maximum absolute atomic E-state index is 13.5. The molecule has 3 aromatic rings. The highest BCUT2D eigenvalue weighted by atomic mass is 16.2. The van der Waals surface area contributed by atoms with Crippen molar-refractivity contribution in [1.29, 1.82) is 0 Å². The minimum Gasteiger partial charge on any atom is -0.339 e. The maximum Gasteiger partial charge on any atom is 0.254 e. The van der Waals surface area contributed by atoms with Crippen molar-refractivity contribution in [2.45, 2.75) is 32.9 Å². The molecule has 4 nitrogen and oxygen atoms in total. The smallest absolute Gasteiger partial charge is 0.254 e. The molecule has 0 aliphatic carbocycles. The molecule has 1 fully saturated rings. The summed E-state index contributed by atoms with van der Waals surface area (Å²) in [4.78, 5) is 30.3. The maximum atomic E-state index is 13.5. The summed E-state index contributed by atoms with van der Waals surface area (Å²) in [5.74, 6) is 0.198. The first-order chi connectivity index (χ1) is 15.6. The molecule has 1 saturated heterocycles. The van der Waals surface area contributed by atoms with E-state index in [0.29, 0.717) is 39.0 Å². The van der Waals surface area contributed by atoms with Crippen molar-refractivity contribution in [2.75, 3.05) is 13.1 Å². The molecule has 4 heteroatoms. The van der Waals surface area contributed by atoms with E-state index in [1.807, 2.05) is 77.4 Å². The Morgan fingerprint density at radius 3 is 1.81 bits per heavy atom. The number of hydrogen-bond acceptors (Lipinski definition) is 2. The Balaban J connectivity index is 1.43. The van der Waals surface area contributed by atoms with E-state index < -0.39 is 0 Å². The van der Waals surface area contributed by atoms with E-state index in [0.717, 1.165) is 22.3 Å². The van der Waals surface area contributed by atoms with E-state index in [-0.39, 0.29) is 17.7 Å². The molecule has 0 saturated carbocycles. The first kappa shape index (κ1) is 21.8. The molecule has 0 aromatic heterocycles. The number of nitrogens with zero attached hydrogens (tertiary/aromatic N) is 2. The van der Waals surface area contributed by atoms with Crippen molar-refractivity contribution in [3.8, 4) is 0 Å². The van der Waals surface area contributed by atoms with Gasteiger partial charge in [0.2, 0.25) is 5.91 Å². The molecule has 164 valence electrons. The zero-order valence-corrected chi connectivity index (χ0v) is 18.6. The SMILES string of the molecule is Cc1ccccc1C(=O)N1CCC(C(=O)N(Cc2ccccc2)Cc2ccccc2)CC1. The summed E-state index contributed by atoms with van der Waals surface area (Å²) in [5, 5.41) is 0. The highest BCUT2D eigenvalue weighted by molar-refractivity contribution is 5.95. The van der Waals surface area contributed by atoms with Crippen LogP contribution in [0.5, 0.6) is 0 Å². The topological polar surface area (TPSA) is 40.6 Å². The van der Waals surface area contributed by atoms with Crippen molar-refractivity contribution in [2.24, 2.45) is 5.92 Å². The Morgan fingerprint density at radius 1 is 0.781 bits per heavy atom. The molecule has 3 aromatic carbocycles. The lowest BCUT2D eigenvalue weighted by atomic mass is 9.94. The van der Waals surface area contributed by atoms with Gasteiger partial charge in [-0.3, -0.25) is 9.59 Å². The summed E-state index contributed by atoms with van der Waals surface area (Å²) in [5.41, 5.74) is 4.01. The Labute approximate surface area is 190 Å². The number of aryl methyl sites for hydroxylation is 1. The van der Waals surface area contributed by atoms with Gasteiger partial charge in [-0.1, -0.05) is 78.9 Å². The summed E-state index contributed by atoms with van der Waals surface area (Å²) in [7, 11) is 0. The number of hydrogen-bond donors (Lipinski definition) is 0. The minimum absolute atomic E-state index is 0.0525. The number of amides is 2. The van der Waals surface area contributed by atoms with Crippen molar-refractivity contribution in [1.82, 2.24) is 9.80 Å². The van der Waals surface area contributed by atoms with Gasteiger partial charge >= 0.3 is 0 Å². The van der Waals surface area contributed by atoms with Crippen LogP contribution in [0.4, 0.5) is 0 Å². The van der Waals surface area contributed by atoms with Crippen LogP contribution in [-0.2, 0) is 17.9 Å². The quantitative estimate of drug-likeness (QED) is 0.552. The molecule has 4 rings (SSSR count). The van der Waals surface area contributed by atoms with Gasteiger partial charge in [0.05, 0.1) is 0 Å². The van der Waals surface area contributed by atoms with Crippen molar-refractivity contribution < 1.29 is 9.59 Å². The number of carbonyl (C=O) groups is 2. The van der Waals surface area contributed by atoms with Crippen LogP contribution in [-0.4, -0.2) is 34.7 Å². The predicted molar refractivity (Wildman–Crippen MR) is 127 cm³/mol. The van der Waals surface area contributed by atoms with Crippen LogP contribution >= 0.6 is 0 Å². The summed E-state index contributed by atoms with van der Waals surface area (Å²) >= 11 is 0. The zero-order chi connectivity index (χ0) is 22.3. The molecular weight excluding hydrogens is 396 g/mol. The van der Waals surface area contributed by atoms with Crippen LogP contribution in [0.2, 0.25) is 0 Å². The first-order valence-electron chi connectivity index (χ1n) is 11.3. The van der Waals surface area contributed by atoms with Crippen molar-refractivity contribution in [3.05, 3.63) is 107 Å². The van der Waals surface area contributed by atoms with E-state index in [1.54, 1.807) is 0 Å². The number of piperidine rings is 1. The highest BCUT2D eigenvalue weighted by Gasteiger charge is 2.31. The average molecular weight is 427 g/mol. The Morgan fingerprint density at radius 2 is 1.28 bits per heavy atom. The van der Waals surface area contributed by atoms with Gasteiger partial charge in [0.1, 0.15) is 0 Å². The Bertz CT molecular complexity index is 1000. The molecule has 0 spiro atoms. The number of carbonyl (C=O) groups excluding carboxylic acids is 2. The second-order valence-electron chi connectivity index (χ2n) is 8.55. The largest absolute Gasteiger partial charge is 0.339 e. The van der Waals surface area contributed by atoms with E-state index in [9.17, 15) is 9.59 Å². The molecule has 1 aliphatic heterocycles. The van der Waals surface area contributed by atoms with Gasteiger partial charge in [-0.2, -0.15) is 0 Å². The average Bonchev–Trinajstić information content (AvgIpc) is 2.84. The van der Waals surface area contributed by atoms with Gasteiger partial charge in [0, 0.05) is 37.7 Å². The molecule has 2 amide bonds. The van der Waals surface area contributed by atoms with Gasteiger partial charge in [0.25, 0.3) is 5.91 Å². The third kappa shape index (κ3) is 5.25. The van der Waals surface area contributed by atoms with Gasteiger partial charge < -0.3 is 9.80 Å². The second kappa shape index (κ2) is 10.3. The lowest BCUT2D eigenvalue weighted by Crippen LogP contribution is -2.44. The van der Waals surface area contributed by atoms with Crippen LogP contribution in [0.25, 0.3) is 0 Å². The molecule has 0 N–H and O–H groups in total. The molecule has 0 atom stereocenters. The highest BCUT2D eigenvalue weighted by Crippen LogP contribution is 2.24. The number of rotatable bonds is 6. The molecule has 0 radical (unpaired) electrons. The van der Waals surface area contributed by atoms with E-state index in [2.05, 4.69) is 24.3 Å². The third-order valence-electron chi connectivity index (χ3n) is 6.25. The van der Waals surface area contributed by atoms with E-state index >= 15 is 0 Å². The standard InChI is InChI=1S/C28H30N2O2/c1-22-10-8-9-15-26(22)28(32)29-18-16-25(17-19-29)27(31)30(20-23-11-4-2-5-12-23)21-24-13-6-3-7-14-24/h2-15,25H,16-21H2,1H3. The summed E-state index contributed by atoms with van der Waals surface area (Å²) in [6, 6.07) is 28.0. The molecule has 1 heterocycles. The van der Waals surface area contributed by atoms with Crippen LogP contribution < -0.4 is 0 Å².